The van der Waals surface area contributed by atoms with Gasteiger partial charge in [0.15, 0.2) is 5.96 Å². The molecular weight excluding hydrogens is 308 g/mol. The number of nitrogens with two attached hydrogens (primary N) is 1. The van der Waals surface area contributed by atoms with Gasteiger partial charge in [0.25, 0.3) is 0 Å². The number of hydrogen-bond donors (Lipinski definition) is 4. The van der Waals surface area contributed by atoms with Crippen molar-refractivity contribution in [1.82, 2.24) is 9.80 Å². The van der Waals surface area contributed by atoms with Crippen LogP contribution >= 0.6 is 0 Å². The average Bonchev–Trinajstić information content (AvgIpc) is 2.40. The second-order valence-corrected chi connectivity index (χ2v) is 5.92. The molecular formula is C13H22N4O4S. The molecule has 2 rings (SSSR count). The maximum Gasteiger partial charge on any atom is 0.394 e. The third kappa shape index (κ3) is 7.36. The molecule has 0 aromatic heterocycles. The molecule has 1 aromatic rings. The minimum atomic E-state index is -4.67. The molecule has 1 fully saturated rings. The van der Waals surface area contributed by atoms with Crippen molar-refractivity contribution in [3.8, 4) is 0 Å². The summed E-state index contributed by atoms with van der Waals surface area (Å²) in [5, 5.41) is 7.40. The van der Waals surface area contributed by atoms with Gasteiger partial charge in [0.2, 0.25) is 0 Å². The highest BCUT2D eigenvalue weighted by atomic mass is 32.3. The number of benzene rings is 1. The number of aryl methyl sites for hydroxylation is 1. The first-order valence-electron chi connectivity index (χ1n) is 6.72. The molecule has 1 aliphatic heterocycles. The molecule has 1 saturated heterocycles. The number of nitrogens with one attached hydrogen (secondary N) is 1. The van der Waals surface area contributed by atoms with Gasteiger partial charge in [0.05, 0.1) is 0 Å². The summed E-state index contributed by atoms with van der Waals surface area (Å²) in [7, 11) is -4.67. The van der Waals surface area contributed by atoms with Crippen LogP contribution in [-0.4, -0.2) is 59.5 Å². The van der Waals surface area contributed by atoms with Crippen molar-refractivity contribution in [2.24, 2.45) is 5.73 Å². The Hall–Kier alpha value is -1.68. The quantitative estimate of drug-likeness (QED) is 0.349. The van der Waals surface area contributed by atoms with Crippen LogP contribution in [0.1, 0.15) is 11.1 Å². The second-order valence-electron chi connectivity index (χ2n) is 5.02. The molecule has 0 spiro atoms. The van der Waals surface area contributed by atoms with E-state index in [-0.39, 0.29) is 5.96 Å². The zero-order chi connectivity index (χ0) is 16.8. The number of nitrogens with zero attached hydrogens (tertiary/aromatic N) is 2. The van der Waals surface area contributed by atoms with Crippen molar-refractivity contribution in [3.05, 3.63) is 35.4 Å². The van der Waals surface area contributed by atoms with Crippen LogP contribution in [0, 0.1) is 12.3 Å². The van der Waals surface area contributed by atoms with E-state index in [0.717, 1.165) is 32.7 Å². The summed E-state index contributed by atoms with van der Waals surface area (Å²) in [6.07, 6.45) is 0. The van der Waals surface area contributed by atoms with E-state index in [1.54, 1.807) is 0 Å². The molecule has 0 bridgehead atoms. The van der Waals surface area contributed by atoms with Crippen LogP contribution in [-0.2, 0) is 16.9 Å². The summed E-state index contributed by atoms with van der Waals surface area (Å²) >= 11 is 0. The molecule has 1 aromatic carbocycles. The van der Waals surface area contributed by atoms with Gasteiger partial charge in [-0.1, -0.05) is 24.3 Å². The smallest absolute Gasteiger partial charge is 0.370 e. The summed E-state index contributed by atoms with van der Waals surface area (Å²) in [4.78, 5) is 4.34. The lowest BCUT2D eigenvalue weighted by Gasteiger charge is -2.35. The summed E-state index contributed by atoms with van der Waals surface area (Å²) in [6, 6.07) is 8.51. The Morgan fingerprint density at radius 1 is 1.23 bits per heavy atom. The summed E-state index contributed by atoms with van der Waals surface area (Å²) in [5.41, 5.74) is 8.22. The topological polar surface area (TPSA) is 131 Å². The number of hydrogen-bond acceptors (Lipinski definition) is 4. The molecule has 0 aliphatic carbocycles. The summed E-state index contributed by atoms with van der Waals surface area (Å²) in [6.45, 7) is 6.84. The molecule has 1 aliphatic rings. The number of piperazine rings is 1. The number of guanidine groups is 1. The van der Waals surface area contributed by atoms with E-state index in [1.807, 2.05) is 4.90 Å². The van der Waals surface area contributed by atoms with Gasteiger partial charge in [-0.15, -0.1) is 0 Å². The maximum atomic E-state index is 8.74. The van der Waals surface area contributed by atoms with Gasteiger partial charge < -0.3 is 10.6 Å². The molecule has 8 nitrogen and oxygen atoms in total. The Balaban J connectivity index is 0.000000422. The van der Waals surface area contributed by atoms with Crippen molar-refractivity contribution in [1.29, 1.82) is 5.41 Å². The first kappa shape index (κ1) is 18.4. The predicted molar refractivity (Wildman–Crippen MR) is 84.1 cm³/mol. The maximum absolute atomic E-state index is 8.74. The van der Waals surface area contributed by atoms with Crippen molar-refractivity contribution in [2.75, 3.05) is 26.2 Å². The molecule has 0 radical (unpaired) electrons. The van der Waals surface area contributed by atoms with Crippen LogP contribution < -0.4 is 5.73 Å². The van der Waals surface area contributed by atoms with Crippen molar-refractivity contribution >= 4 is 16.4 Å². The van der Waals surface area contributed by atoms with Crippen molar-refractivity contribution < 1.29 is 17.5 Å². The van der Waals surface area contributed by atoms with Gasteiger partial charge in [-0.3, -0.25) is 19.4 Å². The molecule has 0 atom stereocenters. The lowest BCUT2D eigenvalue weighted by Crippen LogP contribution is -2.50. The Labute approximate surface area is 130 Å². The molecule has 5 N–H and O–H groups in total. The van der Waals surface area contributed by atoms with Crippen LogP contribution in [0.3, 0.4) is 0 Å². The van der Waals surface area contributed by atoms with E-state index in [2.05, 4.69) is 36.1 Å². The normalized spacial score (nSPS) is 15.9. The third-order valence-electron chi connectivity index (χ3n) is 3.37. The van der Waals surface area contributed by atoms with E-state index >= 15 is 0 Å². The van der Waals surface area contributed by atoms with Crippen LogP contribution in [0.25, 0.3) is 0 Å². The van der Waals surface area contributed by atoms with Gasteiger partial charge in [-0.2, -0.15) is 8.42 Å². The molecule has 0 unspecified atom stereocenters. The van der Waals surface area contributed by atoms with Crippen LogP contribution in [0.15, 0.2) is 24.3 Å². The predicted octanol–water partition coefficient (Wildman–Crippen LogP) is 0.353. The second kappa shape index (κ2) is 8.08. The molecule has 0 saturated carbocycles. The molecule has 1 heterocycles. The largest absolute Gasteiger partial charge is 0.394 e. The standard InChI is InChI=1S/C13H20N4.H2O4S/c1-11-4-2-3-5-12(11)10-16-6-8-17(9-7-16)13(14)15;1-5(2,3)4/h2-5H,6-10H2,1H3,(H3,14,15);(H2,1,2,3,4). The Bertz CT molecular complexity index is 590. The molecule has 124 valence electrons. The van der Waals surface area contributed by atoms with Crippen LogP contribution in [0.5, 0.6) is 0 Å². The lowest BCUT2D eigenvalue weighted by atomic mass is 10.1. The molecule has 0 amide bonds. The minimum absolute atomic E-state index is 0.195. The van der Waals surface area contributed by atoms with Gasteiger partial charge >= 0.3 is 10.4 Å². The number of rotatable bonds is 2. The van der Waals surface area contributed by atoms with Crippen LogP contribution in [0.4, 0.5) is 0 Å². The average molecular weight is 330 g/mol. The van der Waals surface area contributed by atoms with E-state index in [0.29, 0.717) is 0 Å². The zero-order valence-electron chi connectivity index (χ0n) is 12.4. The molecule has 22 heavy (non-hydrogen) atoms. The van der Waals surface area contributed by atoms with Gasteiger partial charge in [0.1, 0.15) is 0 Å². The highest BCUT2D eigenvalue weighted by Crippen LogP contribution is 2.12. The molecule has 9 heteroatoms. The van der Waals surface area contributed by atoms with E-state index in [9.17, 15) is 0 Å². The summed E-state index contributed by atoms with van der Waals surface area (Å²) < 4.78 is 31.6. The third-order valence-corrected chi connectivity index (χ3v) is 3.37. The Kier molecular flexibility index (Phi) is 6.75. The lowest BCUT2D eigenvalue weighted by molar-refractivity contribution is 0.173. The SMILES string of the molecule is Cc1ccccc1CN1CCN(C(=N)N)CC1.O=S(=O)(O)O. The first-order valence-corrected chi connectivity index (χ1v) is 8.12. The fraction of sp³-hybridized carbons (Fsp3) is 0.462. The van der Waals surface area contributed by atoms with Gasteiger partial charge in [0, 0.05) is 32.7 Å². The van der Waals surface area contributed by atoms with E-state index in [4.69, 9.17) is 28.7 Å². The summed E-state index contributed by atoms with van der Waals surface area (Å²) in [5.74, 6) is 0.195. The minimum Gasteiger partial charge on any atom is -0.370 e. The van der Waals surface area contributed by atoms with Crippen molar-refractivity contribution in [2.45, 2.75) is 13.5 Å². The van der Waals surface area contributed by atoms with Crippen LogP contribution in [0.2, 0.25) is 0 Å². The van der Waals surface area contributed by atoms with Gasteiger partial charge in [-0.05, 0) is 18.1 Å². The fourth-order valence-electron chi connectivity index (χ4n) is 2.18. The highest BCUT2D eigenvalue weighted by molar-refractivity contribution is 7.79. The van der Waals surface area contributed by atoms with E-state index in [1.165, 1.54) is 11.1 Å². The fourth-order valence-corrected chi connectivity index (χ4v) is 2.18. The van der Waals surface area contributed by atoms with Crippen molar-refractivity contribution in [3.63, 3.8) is 0 Å². The Morgan fingerprint density at radius 3 is 2.18 bits per heavy atom. The monoisotopic (exact) mass is 330 g/mol. The van der Waals surface area contributed by atoms with Gasteiger partial charge in [-0.25, -0.2) is 0 Å². The highest BCUT2D eigenvalue weighted by Gasteiger charge is 2.17. The Morgan fingerprint density at radius 2 is 1.73 bits per heavy atom. The van der Waals surface area contributed by atoms with E-state index < -0.39 is 10.4 Å². The first-order chi connectivity index (χ1) is 10.2. The zero-order valence-corrected chi connectivity index (χ0v) is 13.3.